The summed E-state index contributed by atoms with van der Waals surface area (Å²) in [4.78, 5) is 39.3. The predicted octanol–water partition coefficient (Wildman–Crippen LogP) is 2.77. The first-order valence-corrected chi connectivity index (χ1v) is 12.3. The number of amides is 2. The lowest BCUT2D eigenvalue weighted by atomic mass is 10.1. The van der Waals surface area contributed by atoms with Gasteiger partial charge in [-0.15, -0.1) is 11.3 Å². The Hall–Kier alpha value is -2.56. The predicted molar refractivity (Wildman–Crippen MR) is 133 cm³/mol. The molecule has 2 aromatic rings. The molecule has 0 spiro atoms. The first-order chi connectivity index (χ1) is 15.9. The van der Waals surface area contributed by atoms with Crippen molar-refractivity contribution in [1.82, 2.24) is 19.8 Å². The number of aliphatic hydroxyl groups excluding tert-OH is 2. The topological polar surface area (TPSA) is 119 Å². The van der Waals surface area contributed by atoms with E-state index in [2.05, 4.69) is 36.1 Å². The summed E-state index contributed by atoms with van der Waals surface area (Å²) in [6, 6.07) is 2.04. The summed E-state index contributed by atoms with van der Waals surface area (Å²) in [5.74, 6) is 0.127. The van der Waals surface area contributed by atoms with E-state index >= 15 is 0 Å². The van der Waals surface area contributed by atoms with Crippen molar-refractivity contribution in [2.45, 2.75) is 65.1 Å². The first-order valence-electron chi connectivity index (χ1n) is 11.5. The summed E-state index contributed by atoms with van der Waals surface area (Å²) in [5, 5.41) is 22.4. The molecule has 186 valence electrons. The molecule has 2 atom stereocenters. The molecule has 3 heterocycles. The van der Waals surface area contributed by atoms with Gasteiger partial charge in [0.1, 0.15) is 11.5 Å². The van der Waals surface area contributed by atoms with E-state index in [4.69, 9.17) is 5.11 Å². The molecule has 0 radical (unpaired) electrons. The molecule has 3 rings (SSSR count). The quantitative estimate of drug-likeness (QED) is 0.547. The normalized spacial score (nSPS) is 17.1. The van der Waals surface area contributed by atoms with Crippen LogP contribution in [0, 0.1) is 6.92 Å². The maximum Gasteiger partial charge on any atom is 0.282 e. The Bertz CT molecular complexity index is 1050. The molecular weight excluding hydrogens is 454 g/mol. The second-order valence-corrected chi connectivity index (χ2v) is 11.0. The summed E-state index contributed by atoms with van der Waals surface area (Å²) in [6.07, 6.45) is 2.55. The van der Waals surface area contributed by atoms with Gasteiger partial charge in [-0.25, -0.2) is 9.97 Å². The van der Waals surface area contributed by atoms with Crippen LogP contribution < -0.4 is 5.32 Å². The zero-order chi connectivity index (χ0) is 25.2. The molecule has 0 saturated carbocycles. The number of aromatic nitrogens is 2. The fourth-order valence-corrected chi connectivity index (χ4v) is 5.10. The maximum atomic E-state index is 13.5. The molecule has 10 heteroatoms. The minimum Gasteiger partial charge on any atom is -0.394 e. The number of pyridine rings is 1. The van der Waals surface area contributed by atoms with E-state index in [1.807, 2.05) is 24.8 Å². The molecule has 0 aliphatic carbocycles. The Morgan fingerprint density at radius 3 is 2.65 bits per heavy atom. The van der Waals surface area contributed by atoms with Crippen molar-refractivity contribution in [3.05, 3.63) is 28.5 Å². The molecule has 34 heavy (non-hydrogen) atoms. The van der Waals surface area contributed by atoms with Gasteiger partial charge in [0.2, 0.25) is 0 Å². The Balaban J connectivity index is 2.03. The molecule has 1 saturated heterocycles. The van der Waals surface area contributed by atoms with Gasteiger partial charge in [-0.2, -0.15) is 0 Å². The molecule has 0 aromatic carbocycles. The maximum absolute atomic E-state index is 13.5. The molecule has 1 fully saturated rings. The molecule has 2 aromatic heterocycles. The average Bonchev–Trinajstić information content (AvgIpc) is 3.38. The average molecular weight is 490 g/mol. The summed E-state index contributed by atoms with van der Waals surface area (Å²) in [5.41, 5.74) is 1.77. The highest BCUT2D eigenvalue weighted by Gasteiger charge is 2.32. The van der Waals surface area contributed by atoms with Crippen molar-refractivity contribution in [1.29, 1.82) is 0 Å². The van der Waals surface area contributed by atoms with Crippen molar-refractivity contribution in [3.8, 4) is 10.4 Å². The van der Waals surface area contributed by atoms with Gasteiger partial charge in [-0.3, -0.25) is 9.59 Å². The third-order valence-electron chi connectivity index (χ3n) is 5.73. The minimum absolute atomic E-state index is 0.0373. The Morgan fingerprint density at radius 2 is 2.09 bits per heavy atom. The number of carbonyl (C=O) groups is 2. The number of nitrogens with one attached hydrogen (secondary N) is 1. The van der Waals surface area contributed by atoms with E-state index in [1.165, 1.54) is 11.9 Å². The van der Waals surface area contributed by atoms with Crippen LogP contribution in [0.4, 0.5) is 5.82 Å². The van der Waals surface area contributed by atoms with Crippen molar-refractivity contribution in [2.24, 2.45) is 0 Å². The fourth-order valence-electron chi connectivity index (χ4n) is 3.98. The van der Waals surface area contributed by atoms with Gasteiger partial charge >= 0.3 is 0 Å². The van der Waals surface area contributed by atoms with Gasteiger partial charge in [-0.05, 0) is 59.1 Å². The zero-order valence-electron chi connectivity index (χ0n) is 20.8. The van der Waals surface area contributed by atoms with Crippen LogP contribution in [0.25, 0.3) is 10.4 Å². The number of hydrogen-bond acceptors (Lipinski definition) is 8. The van der Waals surface area contributed by atoms with E-state index < -0.39 is 18.6 Å². The van der Waals surface area contributed by atoms with Crippen LogP contribution in [-0.2, 0) is 0 Å². The largest absolute Gasteiger partial charge is 0.394 e. The Kier molecular flexibility index (Phi) is 7.95. The van der Waals surface area contributed by atoms with Gasteiger partial charge < -0.3 is 25.3 Å². The molecule has 0 unspecified atom stereocenters. The van der Waals surface area contributed by atoms with Crippen LogP contribution in [0.2, 0.25) is 0 Å². The standard InChI is InChI=1S/C24H35N5O4S/c1-14-10-18(27-24(3,4)5)25-11-17(14)20-19(22(32)29-9-7-8-15(29)2)26-21(34-20)23(33)28(6)12-16(31)13-30/h10-11,15-16,30-31H,7-9,12-13H2,1-6H3,(H,25,27)/t15-,16+/m0/s1. The van der Waals surface area contributed by atoms with E-state index in [9.17, 15) is 14.7 Å². The van der Waals surface area contributed by atoms with Crippen LogP contribution in [0.15, 0.2) is 12.3 Å². The fraction of sp³-hybridized carbons (Fsp3) is 0.583. The number of aryl methyl sites for hydroxylation is 1. The summed E-state index contributed by atoms with van der Waals surface area (Å²) in [7, 11) is 1.53. The third-order valence-corrected chi connectivity index (χ3v) is 6.80. The Labute approximate surface area is 204 Å². The van der Waals surface area contributed by atoms with Crippen molar-refractivity contribution in [2.75, 3.05) is 32.1 Å². The number of thiazole rings is 1. The van der Waals surface area contributed by atoms with E-state index in [1.54, 1.807) is 6.20 Å². The SMILES string of the molecule is Cc1cc(NC(C)(C)C)ncc1-c1sc(C(=O)N(C)C[C@@H](O)CO)nc1C(=O)N1CCC[C@@H]1C. The summed E-state index contributed by atoms with van der Waals surface area (Å²) in [6.45, 7) is 10.3. The lowest BCUT2D eigenvalue weighted by Crippen LogP contribution is -2.36. The highest BCUT2D eigenvalue weighted by atomic mass is 32.1. The second kappa shape index (κ2) is 10.4. The number of nitrogens with zero attached hydrogens (tertiary/aromatic N) is 4. The molecule has 3 N–H and O–H groups in total. The van der Waals surface area contributed by atoms with Gasteiger partial charge in [0.15, 0.2) is 5.01 Å². The number of carbonyl (C=O) groups excluding carboxylic acids is 2. The van der Waals surface area contributed by atoms with Crippen LogP contribution in [0.5, 0.6) is 0 Å². The van der Waals surface area contributed by atoms with E-state index in [0.29, 0.717) is 11.4 Å². The van der Waals surface area contributed by atoms with E-state index in [-0.39, 0.29) is 34.7 Å². The van der Waals surface area contributed by atoms with Gasteiger partial charge in [0.25, 0.3) is 11.8 Å². The molecule has 1 aliphatic rings. The molecule has 2 amide bonds. The van der Waals surface area contributed by atoms with Crippen molar-refractivity contribution >= 4 is 29.0 Å². The summed E-state index contributed by atoms with van der Waals surface area (Å²) < 4.78 is 0. The van der Waals surface area contributed by atoms with Gasteiger partial charge in [0.05, 0.1) is 17.6 Å². The molecule has 1 aliphatic heterocycles. The van der Waals surface area contributed by atoms with Crippen LogP contribution in [0.1, 0.15) is 66.4 Å². The first kappa shape index (κ1) is 26.1. The number of rotatable bonds is 7. The molecule has 0 bridgehead atoms. The van der Waals surface area contributed by atoms with Crippen molar-refractivity contribution in [3.63, 3.8) is 0 Å². The number of anilines is 1. The number of likely N-dealkylation sites (N-methyl/N-ethyl adjacent to an activating group) is 1. The molecule has 9 nitrogen and oxygen atoms in total. The second-order valence-electron chi connectivity index (χ2n) is 9.97. The highest BCUT2D eigenvalue weighted by Crippen LogP contribution is 2.35. The number of likely N-dealkylation sites (tertiary alicyclic amines) is 1. The van der Waals surface area contributed by atoms with Gasteiger partial charge in [0, 0.05) is 43.5 Å². The number of hydrogen-bond donors (Lipinski definition) is 3. The minimum atomic E-state index is -1.05. The Morgan fingerprint density at radius 1 is 1.38 bits per heavy atom. The van der Waals surface area contributed by atoms with Crippen LogP contribution in [-0.4, -0.2) is 86.2 Å². The van der Waals surface area contributed by atoms with Crippen molar-refractivity contribution < 1.29 is 19.8 Å². The van der Waals surface area contributed by atoms with Crippen LogP contribution in [0.3, 0.4) is 0 Å². The smallest absolute Gasteiger partial charge is 0.282 e. The van der Waals surface area contributed by atoms with Gasteiger partial charge in [-0.1, -0.05) is 0 Å². The highest BCUT2D eigenvalue weighted by molar-refractivity contribution is 7.17. The van der Waals surface area contributed by atoms with E-state index in [0.717, 1.165) is 41.1 Å². The number of aliphatic hydroxyl groups is 2. The summed E-state index contributed by atoms with van der Waals surface area (Å²) >= 11 is 1.15. The zero-order valence-corrected chi connectivity index (χ0v) is 21.6. The molecular formula is C24H35N5O4S. The monoisotopic (exact) mass is 489 g/mol. The lowest BCUT2D eigenvalue weighted by molar-refractivity contribution is 0.0520. The third kappa shape index (κ3) is 5.92. The van der Waals surface area contributed by atoms with Crippen LogP contribution >= 0.6 is 11.3 Å². The lowest BCUT2D eigenvalue weighted by Gasteiger charge is -2.22.